The van der Waals surface area contributed by atoms with Crippen LogP contribution in [0, 0.1) is 5.92 Å². The van der Waals surface area contributed by atoms with Crippen molar-refractivity contribution < 1.29 is 27.4 Å². The Labute approximate surface area is 184 Å². The van der Waals surface area contributed by atoms with Crippen LogP contribution in [-0.2, 0) is 12.0 Å². The van der Waals surface area contributed by atoms with Gasteiger partial charge in [0.15, 0.2) is 0 Å². The standard InChI is InChI=1S/C21H17F3N4O3S/c1-30-16-7-3-12(10-25-16)18-14-6-2-11(8-15(14)32-28-18)9-17-26-27-19(31-17)20(29,13-4-5-13)21(22,23)24/h2-3,6-8,10,13,29H,4-5,9H2,1H3. The molecule has 11 heteroatoms. The number of pyridine rings is 1. The maximum absolute atomic E-state index is 13.5. The molecule has 1 aromatic carbocycles. The second-order valence-corrected chi connectivity index (χ2v) is 8.47. The van der Waals surface area contributed by atoms with Crippen LogP contribution in [0.4, 0.5) is 13.2 Å². The molecule has 0 aliphatic heterocycles. The predicted molar refractivity (Wildman–Crippen MR) is 109 cm³/mol. The number of alkyl halides is 3. The summed E-state index contributed by atoms with van der Waals surface area (Å²) < 4.78 is 56.2. The Morgan fingerprint density at radius 2 is 2.00 bits per heavy atom. The molecular formula is C21H17F3N4O3S. The summed E-state index contributed by atoms with van der Waals surface area (Å²) in [4.78, 5) is 4.20. The molecule has 32 heavy (non-hydrogen) atoms. The van der Waals surface area contributed by atoms with E-state index < -0.39 is 23.6 Å². The van der Waals surface area contributed by atoms with Crippen LogP contribution >= 0.6 is 11.5 Å². The van der Waals surface area contributed by atoms with Crippen LogP contribution in [0.25, 0.3) is 21.3 Å². The summed E-state index contributed by atoms with van der Waals surface area (Å²) in [6.45, 7) is 0. The number of aliphatic hydroxyl groups is 1. The number of hydrogen-bond donors (Lipinski definition) is 1. The molecule has 1 saturated carbocycles. The number of fused-ring (bicyclic) bond motifs is 1. The molecule has 1 N–H and O–H groups in total. The van der Waals surface area contributed by atoms with Crippen molar-refractivity contribution in [1.82, 2.24) is 19.6 Å². The van der Waals surface area contributed by atoms with Gasteiger partial charge in [0.2, 0.25) is 17.4 Å². The van der Waals surface area contributed by atoms with Crippen molar-refractivity contribution in [3.63, 3.8) is 0 Å². The molecule has 166 valence electrons. The minimum absolute atomic E-state index is 0.00627. The van der Waals surface area contributed by atoms with E-state index in [1.54, 1.807) is 19.4 Å². The SMILES string of the molecule is COc1ccc(-c2nsc3cc(Cc4nnc(C(O)(C5CC5)C(F)(F)F)o4)ccc23)cn1. The zero-order chi connectivity index (χ0) is 22.5. The van der Waals surface area contributed by atoms with Gasteiger partial charge in [0.05, 0.1) is 23.9 Å². The number of nitrogens with zero attached hydrogens (tertiary/aromatic N) is 4. The molecule has 0 amide bonds. The van der Waals surface area contributed by atoms with Gasteiger partial charge in [-0.05, 0) is 42.1 Å². The Balaban J connectivity index is 1.40. The van der Waals surface area contributed by atoms with Gasteiger partial charge in [0, 0.05) is 29.1 Å². The smallest absolute Gasteiger partial charge is 0.426 e. The van der Waals surface area contributed by atoms with Gasteiger partial charge in [-0.25, -0.2) is 4.98 Å². The fourth-order valence-corrected chi connectivity index (χ4v) is 4.48. The zero-order valence-corrected chi connectivity index (χ0v) is 17.6. The number of methoxy groups -OCH3 is 1. The van der Waals surface area contributed by atoms with Crippen LogP contribution in [0.3, 0.4) is 0 Å². The van der Waals surface area contributed by atoms with Crippen LogP contribution in [0.5, 0.6) is 5.88 Å². The van der Waals surface area contributed by atoms with Crippen molar-refractivity contribution in [2.75, 3.05) is 7.11 Å². The molecule has 1 aliphatic rings. The number of rotatable bonds is 6. The molecule has 3 aromatic heterocycles. The minimum atomic E-state index is -4.88. The Hall–Kier alpha value is -3.05. The third kappa shape index (κ3) is 3.51. The van der Waals surface area contributed by atoms with Gasteiger partial charge >= 0.3 is 6.18 Å². The molecule has 1 fully saturated rings. The van der Waals surface area contributed by atoms with Crippen LogP contribution in [-0.4, -0.2) is 37.9 Å². The average Bonchev–Trinajstić information content (AvgIpc) is 3.39. The molecule has 0 radical (unpaired) electrons. The van der Waals surface area contributed by atoms with Gasteiger partial charge in [-0.2, -0.15) is 17.5 Å². The lowest BCUT2D eigenvalue weighted by molar-refractivity contribution is -0.283. The maximum Gasteiger partial charge on any atom is 0.426 e. The molecule has 0 spiro atoms. The molecule has 5 rings (SSSR count). The van der Waals surface area contributed by atoms with Crippen LogP contribution in [0.15, 0.2) is 40.9 Å². The Kier molecular flexibility index (Phi) is 4.90. The molecule has 1 atom stereocenters. The maximum atomic E-state index is 13.5. The topological polar surface area (TPSA) is 94.2 Å². The van der Waals surface area contributed by atoms with Gasteiger partial charge in [-0.15, -0.1) is 10.2 Å². The van der Waals surface area contributed by atoms with E-state index >= 15 is 0 Å². The van der Waals surface area contributed by atoms with E-state index in [2.05, 4.69) is 19.6 Å². The van der Waals surface area contributed by atoms with E-state index in [1.165, 1.54) is 11.5 Å². The number of hydrogen-bond acceptors (Lipinski definition) is 8. The predicted octanol–water partition coefficient (Wildman–Crippen LogP) is 4.50. The third-order valence-electron chi connectivity index (χ3n) is 5.50. The van der Waals surface area contributed by atoms with E-state index in [-0.39, 0.29) is 25.2 Å². The second-order valence-electron chi connectivity index (χ2n) is 7.67. The fourth-order valence-electron chi connectivity index (χ4n) is 3.62. The van der Waals surface area contributed by atoms with E-state index in [1.807, 2.05) is 24.3 Å². The lowest BCUT2D eigenvalue weighted by Crippen LogP contribution is -2.44. The monoisotopic (exact) mass is 462 g/mol. The van der Waals surface area contributed by atoms with Crippen molar-refractivity contribution in [3.05, 3.63) is 53.9 Å². The first-order chi connectivity index (χ1) is 15.3. The normalized spacial score (nSPS) is 16.3. The molecule has 0 saturated heterocycles. The third-order valence-corrected chi connectivity index (χ3v) is 6.31. The Morgan fingerprint density at radius 3 is 2.66 bits per heavy atom. The molecule has 1 unspecified atom stereocenters. The van der Waals surface area contributed by atoms with Crippen molar-refractivity contribution >= 4 is 21.6 Å². The quantitative estimate of drug-likeness (QED) is 0.451. The Morgan fingerprint density at radius 1 is 1.19 bits per heavy atom. The van der Waals surface area contributed by atoms with Gasteiger partial charge in [-0.3, -0.25) is 0 Å². The van der Waals surface area contributed by atoms with Gasteiger partial charge < -0.3 is 14.3 Å². The molecule has 1 aliphatic carbocycles. The highest BCUT2D eigenvalue weighted by Gasteiger charge is 2.66. The van der Waals surface area contributed by atoms with Gasteiger partial charge in [-0.1, -0.05) is 12.1 Å². The van der Waals surface area contributed by atoms with E-state index in [4.69, 9.17) is 9.15 Å². The minimum Gasteiger partial charge on any atom is -0.481 e. The van der Waals surface area contributed by atoms with Crippen molar-refractivity contribution in [2.24, 2.45) is 5.92 Å². The highest BCUT2D eigenvalue weighted by molar-refractivity contribution is 7.13. The fraction of sp³-hybridized carbons (Fsp3) is 0.333. The van der Waals surface area contributed by atoms with Crippen LogP contribution < -0.4 is 4.74 Å². The first-order valence-electron chi connectivity index (χ1n) is 9.80. The Bertz CT molecular complexity index is 1270. The zero-order valence-electron chi connectivity index (χ0n) is 16.8. The molecular weight excluding hydrogens is 445 g/mol. The first kappa shape index (κ1) is 20.8. The van der Waals surface area contributed by atoms with E-state index in [0.29, 0.717) is 5.88 Å². The average molecular weight is 462 g/mol. The summed E-state index contributed by atoms with van der Waals surface area (Å²) in [5.74, 6) is -1.23. The van der Waals surface area contributed by atoms with Crippen molar-refractivity contribution in [1.29, 1.82) is 0 Å². The van der Waals surface area contributed by atoms with Crippen LogP contribution in [0.2, 0.25) is 0 Å². The number of ether oxygens (including phenoxy) is 1. The molecule has 0 bridgehead atoms. The summed E-state index contributed by atoms with van der Waals surface area (Å²) in [6, 6.07) is 9.23. The highest BCUT2D eigenvalue weighted by Crippen LogP contribution is 2.53. The number of benzene rings is 1. The molecule has 7 nitrogen and oxygen atoms in total. The van der Waals surface area contributed by atoms with Gasteiger partial charge in [0.1, 0.15) is 0 Å². The van der Waals surface area contributed by atoms with Crippen molar-refractivity contribution in [2.45, 2.75) is 31.0 Å². The summed E-state index contributed by atoms with van der Waals surface area (Å²) >= 11 is 1.30. The lowest BCUT2D eigenvalue weighted by Gasteiger charge is -2.26. The highest BCUT2D eigenvalue weighted by atomic mass is 32.1. The second kappa shape index (κ2) is 7.52. The number of aromatic nitrogens is 4. The summed E-state index contributed by atoms with van der Waals surface area (Å²) in [5, 5.41) is 18.5. The van der Waals surface area contributed by atoms with E-state index in [0.717, 1.165) is 26.9 Å². The largest absolute Gasteiger partial charge is 0.481 e. The van der Waals surface area contributed by atoms with E-state index in [9.17, 15) is 18.3 Å². The summed E-state index contributed by atoms with van der Waals surface area (Å²) in [5.41, 5.74) is -0.691. The molecule has 4 aromatic rings. The molecule has 3 heterocycles. The summed E-state index contributed by atoms with van der Waals surface area (Å²) in [6.07, 6.45) is -2.53. The first-order valence-corrected chi connectivity index (χ1v) is 10.6. The van der Waals surface area contributed by atoms with Crippen molar-refractivity contribution in [3.8, 4) is 17.1 Å². The lowest BCUT2D eigenvalue weighted by atomic mass is 9.97. The van der Waals surface area contributed by atoms with Crippen LogP contribution in [0.1, 0.15) is 30.2 Å². The summed E-state index contributed by atoms with van der Waals surface area (Å²) in [7, 11) is 1.55. The van der Waals surface area contributed by atoms with Gasteiger partial charge in [0.25, 0.3) is 5.89 Å². The number of halogens is 3.